The van der Waals surface area contributed by atoms with Crippen LogP contribution in [0.1, 0.15) is 49.0 Å². The van der Waals surface area contributed by atoms with E-state index in [0.29, 0.717) is 17.1 Å². The number of allylic oxidation sites excluding steroid dienone is 1. The van der Waals surface area contributed by atoms with E-state index in [9.17, 15) is 4.79 Å². The van der Waals surface area contributed by atoms with Crippen molar-refractivity contribution in [3.8, 4) is 11.5 Å². The van der Waals surface area contributed by atoms with Crippen LogP contribution in [-0.4, -0.2) is 26.2 Å². The molecule has 1 aliphatic rings. The van der Waals surface area contributed by atoms with Gasteiger partial charge in [-0.05, 0) is 56.9 Å². The Labute approximate surface area is 187 Å². The molecule has 5 nitrogen and oxygen atoms in total. The molecule has 160 valence electrons. The molecule has 1 amide bonds. The highest BCUT2D eigenvalue weighted by atomic mass is 79.9. The van der Waals surface area contributed by atoms with Crippen LogP contribution in [0.2, 0.25) is 0 Å². The molecule has 1 N–H and O–H groups in total. The normalized spacial score (nSPS) is 13.7. The number of ether oxygens (including phenoxy) is 2. The summed E-state index contributed by atoms with van der Waals surface area (Å²) in [7, 11) is 3.16. The summed E-state index contributed by atoms with van der Waals surface area (Å²) in [5.41, 5.74) is 4.69. The zero-order valence-electron chi connectivity index (χ0n) is 18.2. The van der Waals surface area contributed by atoms with E-state index in [1.807, 2.05) is 18.2 Å². The van der Waals surface area contributed by atoms with E-state index in [2.05, 4.69) is 65.3 Å². The van der Waals surface area contributed by atoms with E-state index in [4.69, 9.17) is 9.47 Å². The monoisotopic (exact) mass is 472 g/mol. The van der Waals surface area contributed by atoms with Gasteiger partial charge in [0.05, 0.1) is 19.9 Å². The maximum absolute atomic E-state index is 12.8. The molecule has 0 spiro atoms. The SMILES string of the molecule is CC/C(C)=C\N(c1cc(OC)c(C(=O)NC2CC2)c(OC)c1)c1ccc(Br)cc1C. The molecule has 0 aromatic heterocycles. The molecule has 1 saturated carbocycles. The third-order valence-corrected chi connectivity index (χ3v) is 5.73. The molecule has 0 radical (unpaired) electrons. The zero-order valence-corrected chi connectivity index (χ0v) is 19.8. The van der Waals surface area contributed by atoms with Gasteiger partial charge in [-0.3, -0.25) is 4.79 Å². The largest absolute Gasteiger partial charge is 0.496 e. The van der Waals surface area contributed by atoms with Crippen molar-refractivity contribution in [3.63, 3.8) is 0 Å². The Kier molecular flexibility index (Phi) is 7.08. The van der Waals surface area contributed by atoms with Gasteiger partial charge in [0.1, 0.15) is 17.1 Å². The lowest BCUT2D eigenvalue weighted by Crippen LogP contribution is -2.26. The first-order valence-corrected chi connectivity index (χ1v) is 11.0. The Morgan fingerprint density at radius 3 is 2.33 bits per heavy atom. The number of hydrogen-bond donors (Lipinski definition) is 1. The maximum Gasteiger partial charge on any atom is 0.259 e. The average Bonchev–Trinajstić information content (AvgIpc) is 3.55. The smallest absolute Gasteiger partial charge is 0.259 e. The van der Waals surface area contributed by atoms with E-state index in [0.717, 1.165) is 40.7 Å². The van der Waals surface area contributed by atoms with E-state index < -0.39 is 0 Å². The van der Waals surface area contributed by atoms with Gasteiger partial charge in [-0.1, -0.05) is 28.4 Å². The lowest BCUT2D eigenvalue weighted by atomic mass is 10.1. The summed E-state index contributed by atoms with van der Waals surface area (Å²) in [6.07, 6.45) is 5.09. The standard InChI is InChI=1S/C24H29BrN2O3/c1-6-15(2)14-27(20-10-7-17(25)11-16(20)3)19-12-21(29-4)23(22(13-19)30-5)24(28)26-18-8-9-18/h7,10-14,18H,6,8-9H2,1-5H3,(H,26,28)/b15-14-. The highest BCUT2D eigenvalue weighted by molar-refractivity contribution is 9.10. The fraction of sp³-hybridized carbons (Fsp3) is 0.375. The van der Waals surface area contributed by atoms with Gasteiger partial charge >= 0.3 is 0 Å². The summed E-state index contributed by atoms with van der Waals surface area (Å²) < 4.78 is 12.3. The number of halogens is 1. The number of hydrogen-bond acceptors (Lipinski definition) is 4. The maximum atomic E-state index is 12.8. The number of nitrogens with one attached hydrogen (secondary N) is 1. The van der Waals surface area contributed by atoms with Gasteiger partial charge in [-0.2, -0.15) is 0 Å². The second-order valence-corrected chi connectivity index (χ2v) is 8.52. The minimum atomic E-state index is -0.163. The molecule has 1 aliphatic carbocycles. The van der Waals surface area contributed by atoms with Crippen molar-refractivity contribution in [2.24, 2.45) is 0 Å². The average molecular weight is 473 g/mol. The summed E-state index contributed by atoms with van der Waals surface area (Å²) in [4.78, 5) is 14.9. The van der Waals surface area contributed by atoms with Gasteiger partial charge in [-0.25, -0.2) is 0 Å². The molecule has 30 heavy (non-hydrogen) atoms. The van der Waals surface area contributed by atoms with Crippen molar-refractivity contribution < 1.29 is 14.3 Å². The van der Waals surface area contributed by atoms with Crippen molar-refractivity contribution in [3.05, 3.63) is 57.7 Å². The minimum absolute atomic E-state index is 0.163. The first-order chi connectivity index (χ1) is 14.4. The van der Waals surface area contributed by atoms with Gasteiger partial charge in [-0.15, -0.1) is 0 Å². The Morgan fingerprint density at radius 1 is 1.20 bits per heavy atom. The van der Waals surface area contributed by atoms with Crippen LogP contribution in [0.4, 0.5) is 11.4 Å². The van der Waals surface area contributed by atoms with Crippen LogP contribution in [0.25, 0.3) is 0 Å². The molecule has 0 atom stereocenters. The van der Waals surface area contributed by atoms with Crippen molar-refractivity contribution in [2.75, 3.05) is 19.1 Å². The predicted octanol–water partition coefficient (Wildman–Crippen LogP) is 6.12. The summed E-state index contributed by atoms with van der Waals surface area (Å²) >= 11 is 3.54. The number of nitrogens with zero attached hydrogens (tertiary/aromatic N) is 1. The summed E-state index contributed by atoms with van der Waals surface area (Å²) in [6, 6.07) is 10.2. The van der Waals surface area contributed by atoms with Gasteiger partial charge in [0.2, 0.25) is 0 Å². The topological polar surface area (TPSA) is 50.8 Å². The van der Waals surface area contributed by atoms with Crippen molar-refractivity contribution in [2.45, 2.75) is 46.1 Å². The van der Waals surface area contributed by atoms with Crippen LogP contribution < -0.4 is 19.7 Å². The number of benzene rings is 2. The lowest BCUT2D eigenvalue weighted by Gasteiger charge is -2.26. The third-order valence-electron chi connectivity index (χ3n) is 5.23. The van der Waals surface area contributed by atoms with Gasteiger partial charge in [0.15, 0.2) is 0 Å². The highest BCUT2D eigenvalue weighted by Crippen LogP contribution is 2.39. The van der Waals surface area contributed by atoms with Gasteiger partial charge in [0, 0.05) is 34.5 Å². The highest BCUT2D eigenvalue weighted by Gasteiger charge is 2.28. The van der Waals surface area contributed by atoms with Crippen molar-refractivity contribution in [1.29, 1.82) is 0 Å². The van der Waals surface area contributed by atoms with Crippen LogP contribution in [0.3, 0.4) is 0 Å². The fourth-order valence-electron chi connectivity index (χ4n) is 3.23. The first-order valence-electron chi connectivity index (χ1n) is 10.2. The second kappa shape index (κ2) is 9.56. The molecule has 0 bridgehead atoms. The molecular weight excluding hydrogens is 444 g/mol. The molecule has 3 rings (SSSR count). The Morgan fingerprint density at radius 2 is 1.83 bits per heavy atom. The number of anilines is 2. The van der Waals surface area contributed by atoms with Crippen molar-refractivity contribution in [1.82, 2.24) is 5.32 Å². The summed E-state index contributed by atoms with van der Waals surface area (Å²) in [5, 5.41) is 3.03. The second-order valence-electron chi connectivity index (χ2n) is 7.60. The van der Waals surface area contributed by atoms with Crippen LogP contribution in [0.5, 0.6) is 11.5 Å². The molecule has 0 saturated heterocycles. The molecular formula is C24H29BrN2O3. The molecule has 0 unspecified atom stereocenters. The Balaban J connectivity index is 2.14. The molecule has 0 aliphatic heterocycles. The minimum Gasteiger partial charge on any atom is -0.496 e. The van der Waals surface area contributed by atoms with E-state index in [-0.39, 0.29) is 11.9 Å². The number of amides is 1. The van der Waals surface area contributed by atoms with Crippen LogP contribution in [0, 0.1) is 6.92 Å². The number of carbonyl (C=O) groups is 1. The molecule has 2 aromatic carbocycles. The number of aryl methyl sites for hydroxylation is 1. The number of methoxy groups -OCH3 is 2. The Hall–Kier alpha value is -2.47. The fourth-order valence-corrected chi connectivity index (χ4v) is 3.71. The van der Waals surface area contributed by atoms with Gasteiger partial charge < -0.3 is 19.7 Å². The van der Waals surface area contributed by atoms with Crippen LogP contribution in [-0.2, 0) is 0 Å². The van der Waals surface area contributed by atoms with Crippen LogP contribution in [0.15, 0.2) is 46.6 Å². The lowest BCUT2D eigenvalue weighted by molar-refractivity contribution is 0.0945. The number of carbonyl (C=O) groups excluding carboxylic acids is 1. The van der Waals surface area contributed by atoms with E-state index >= 15 is 0 Å². The zero-order chi connectivity index (χ0) is 21.8. The Bertz CT molecular complexity index is 942. The van der Waals surface area contributed by atoms with Crippen LogP contribution >= 0.6 is 15.9 Å². The summed E-state index contributed by atoms with van der Waals surface area (Å²) in [5.74, 6) is 0.819. The quantitative estimate of drug-likeness (QED) is 0.502. The summed E-state index contributed by atoms with van der Waals surface area (Å²) in [6.45, 7) is 6.31. The number of rotatable bonds is 8. The van der Waals surface area contributed by atoms with E-state index in [1.165, 1.54) is 5.57 Å². The van der Waals surface area contributed by atoms with Gasteiger partial charge in [0.25, 0.3) is 5.91 Å². The first kappa shape index (κ1) is 22.2. The third kappa shape index (κ3) is 4.98. The molecule has 1 fully saturated rings. The molecule has 6 heteroatoms. The van der Waals surface area contributed by atoms with E-state index in [1.54, 1.807) is 14.2 Å². The molecule has 2 aromatic rings. The van der Waals surface area contributed by atoms with Crippen molar-refractivity contribution >= 4 is 33.2 Å². The molecule has 0 heterocycles. The predicted molar refractivity (Wildman–Crippen MR) is 125 cm³/mol.